The third-order valence-electron chi connectivity index (χ3n) is 3.81. The third-order valence-corrected chi connectivity index (χ3v) is 5.11. The van der Waals surface area contributed by atoms with E-state index in [2.05, 4.69) is 0 Å². The smallest absolute Gasteiger partial charge is 0.270 e. The third kappa shape index (κ3) is 3.54. The number of carbonyl (C=O) groups excluding carboxylic acids is 1. The van der Waals surface area contributed by atoms with Gasteiger partial charge in [-0.15, -0.1) is 0 Å². The van der Waals surface area contributed by atoms with Gasteiger partial charge in [0.2, 0.25) is 0 Å². The van der Waals surface area contributed by atoms with Crippen LogP contribution in [0, 0.1) is 0 Å². The van der Waals surface area contributed by atoms with Gasteiger partial charge in [0.15, 0.2) is 15.8 Å². The van der Waals surface area contributed by atoms with Crippen LogP contribution in [0.15, 0.2) is 47.4 Å². The molecule has 3 rings (SSSR count). The van der Waals surface area contributed by atoms with Crippen molar-refractivity contribution in [2.45, 2.75) is 0 Å². The molecule has 0 radical (unpaired) electrons. The number of methoxy groups -OCH3 is 3. The van der Waals surface area contributed by atoms with Crippen molar-refractivity contribution in [1.82, 2.24) is 0 Å². The minimum atomic E-state index is -0.164. The van der Waals surface area contributed by atoms with Crippen molar-refractivity contribution in [3.8, 4) is 17.2 Å². The van der Waals surface area contributed by atoms with Gasteiger partial charge in [-0.1, -0.05) is 36.1 Å². The Bertz CT molecular complexity index is 895. The topological polar surface area (TPSA) is 48.0 Å². The maximum Gasteiger partial charge on any atom is 0.270 e. The minimum Gasteiger partial charge on any atom is -0.497 e. The van der Waals surface area contributed by atoms with Crippen molar-refractivity contribution in [3.63, 3.8) is 0 Å². The molecule has 1 fully saturated rings. The molecule has 134 valence electrons. The molecular formula is C19H17NO4S2. The SMILES string of the molecule is COc1cccc(N2C(=O)/C(=C\c3ccc(OC)c(OC)c3)SC2=S)c1. The Hall–Kier alpha value is -2.51. The fourth-order valence-electron chi connectivity index (χ4n) is 2.53. The van der Waals surface area contributed by atoms with Crippen molar-refractivity contribution < 1.29 is 19.0 Å². The van der Waals surface area contributed by atoms with Gasteiger partial charge in [-0.2, -0.15) is 0 Å². The number of nitrogens with zero attached hydrogens (tertiary/aromatic N) is 1. The molecule has 1 heterocycles. The van der Waals surface area contributed by atoms with E-state index in [1.54, 1.807) is 39.5 Å². The molecule has 2 aromatic carbocycles. The van der Waals surface area contributed by atoms with Crippen LogP contribution >= 0.6 is 24.0 Å². The molecule has 1 amide bonds. The second-order valence-corrected chi connectivity index (χ2v) is 7.01. The van der Waals surface area contributed by atoms with E-state index in [0.29, 0.717) is 32.2 Å². The normalized spacial score (nSPS) is 15.5. The van der Waals surface area contributed by atoms with Crippen LogP contribution in [0.1, 0.15) is 5.56 Å². The Morgan fingerprint density at radius 2 is 1.77 bits per heavy atom. The monoisotopic (exact) mass is 387 g/mol. The van der Waals surface area contributed by atoms with Crippen LogP contribution in [0.25, 0.3) is 6.08 Å². The van der Waals surface area contributed by atoms with Crippen molar-refractivity contribution in [2.75, 3.05) is 26.2 Å². The zero-order chi connectivity index (χ0) is 18.7. The number of anilines is 1. The highest BCUT2D eigenvalue weighted by molar-refractivity contribution is 8.27. The molecule has 0 unspecified atom stereocenters. The van der Waals surface area contributed by atoms with Gasteiger partial charge in [0, 0.05) is 6.07 Å². The van der Waals surface area contributed by atoms with Crippen LogP contribution in [0.3, 0.4) is 0 Å². The van der Waals surface area contributed by atoms with Crippen LogP contribution in [0.4, 0.5) is 5.69 Å². The second-order valence-electron chi connectivity index (χ2n) is 5.33. The summed E-state index contributed by atoms with van der Waals surface area (Å²) in [5, 5.41) is 0. The van der Waals surface area contributed by atoms with E-state index in [0.717, 1.165) is 5.56 Å². The number of hydrogen-bond acceptors (Lipinski definition) is 6. The van der Waals surface area contributed by atoms with Crippen LogP contribution in [-0.2, 0) is 4.79 Å². The van der Waals surface area contributed by atoms with Crippen molar-refractivity contribution in [3.05, 3.63) is 52.9 Å². The fraction of sp³-hybridized carbons (Fsp3) is 0.158. The number of carbonyl (C=O) groups is 1. The van der Waals surface area contributed by atoms with Crippen LogP contribution in [-0.4, -0.2) is 31.6 Å². The Kier molecular flexibility index (Phi) is 5.49. The molecular weight excluding hydrogens is 370 g/mol. The number of rotatable bonds is 5. The Balaban J connectivity index is 1.92. The first kappa shape index (κ1) is 18.3. The first-order chi connectivity index (χ1) is 12.6. The lowest BCUT2D eigenvalue weighted by Gasteiger charge is -2.15. The number of hydrogen-bond donors (Lipinski definition) is 0. The number of amides is 1. The summed E-state index contributed by atoms with van der Waals surface area (Å²) in [4.78, 5) is 14.9. The predicted molar refractivity (Wildman–Crippen MR) is 108 cm³/mol. The second kappa shape index (κ2) is 7.80. The van der Waals surface area contributed by atoms with E-state index < -0.39 is 0 Å². The van der Waals surface area contributed by atoms with Crippen LogP contribution < -0.4 is 19.1 Å². The summed E-state index contributed by atoms with van der Waals surface area (Å²) in [5.74, 6) is 1.74. The van der Waals surface area contributed by atoms with Crippen molar-refractivity contribution in [2.24, 2.45) is 0 Å². The van der Waals surface area contributed by atoms with Gasteiger partial charge in [0.25, 0.3) is 5.91 Å². The van der Waals surface area contributed by atoms with Gasteiger partial charge in [-0.05, 0) is 35.9 Å². The molecule has 1 saturated heterocycles. The van der Waals surface area contributed by atoms with Gasteiger partial charge in [-0.3, -0.25) is 9.69 Å². The van der Waals surface area contributed by atoms with Gasteiger partial charge in [-0.25, -0.2) is 0 Å². The molecule has 5 nitrogen and oxygen atoms in total. The van der Waals surface area contributed by atoms with Crippen LogP contribution in [0.2, 0.25) is 0 Å². The van der Waals surface area contributed by atoms with E-state index in [1.807, 2.05) is 30.3 Å². The lowest BCUT2D eigenvalue weighted by Crippen LogP contribution is -2.27. The molecule has 7 heteroatoms. The van der Waals surface area contributed by atoms with E-state index >= 15 is 0 Å². The highest BCUT2D eigenvalue weighted by atomic mass is 32.2. The molecule has 0 N–H and O–H groups in total. The lowest BCUT2D eigenvalue weighted by molar-refractivity contribution is -0.113. The predicted octanol–water partition coefficient (Wildman–Crippen LogP) is 4.12. The number of thioether (sulfide) groups is 1. The quantitative estimate of drug-likeness (QED) is 0.568. The molecule has 26 heavy (non-hydrogen) atoms. The summed E-state index contributed by atoms with van der Waals surface area (Å²) in [6, 6.07) is 12.7. The zero-order valence-electron chi connectivity index (χ0n) is 14.5. The first-order valence-electron chi connectivity index (χ1n) is 7.71. The zero-order valence-corrected chi connectivity index (χ0v) is 16.1. The molecule has 2 aromatic rings. The summed E-state index contributed by atoms with van der Waals surface area (Å²) in [5.41, 5.74) is 1.51. The maximum absolute atomic E-state index is 12.9. The number of benzene rings is 2. The van der Waals surface area contributed by atoms with Gasteiger partial charge in [0.1, 0.15) is 5.75 Å². The van der Waals surface area contributed by atoms with E-state index in [1.165, 1.54) is 16.7 Å². The molecule has 0 aliphatic carbocycles. The van der Waals surface area contributed by atoms with Crippen molar-refractivity contribution >= 4 is 46.0 Å². The van der Waals surface area contributed by atoms with E-state index in [-0.39, 0.29) is 5.91 Å². The summed E-state index contributed by atoms with van der Waals surface area (Å²) >= 11 is 6.67. The molecule has 0 bridgehead atoms. The average Bonchev–Trinajstić information content (AvgIpc) is 2.94. The highest BCUT2D eigenvalue weighted by Crippen LogP contribution is 2.37. The maximum atomic E-state index is 12.9. The largest absolute Gasteiger partial charge is 0.497 e. The summed E-state index contributed by atoms with van der Waals surface area (Å²) in [7, 11) is 4.74. The highest BCUT2D eigenvalue weighted by Gasteiger charge is 2.33. The molecule has 0 spiro atoms. The summed E-state index contributed by atoms with van der Waals surface area (Å²) < 4.78 is 16.3. The molecule has 1 aliphatic heterocycles. The number of thiocarbonyl (C=S) groups is 1. The average molecular weight is 387 g/mol. The standard InChI is InChI=1S/C19H17NO4S2/c1-22-14-6-4-5-13(11-14)20-18(21)17(26-19(20)25)10-12-7-8-15(23-2)16(9-12)24-3/h4-11H,1-3H3/b17-10+. The Morgan fingerprint density at radius 3 is 2.46 bits per heavy atom. The van der Waals surface area contributed by atoms with Crippen LogP contribution in [0.5, 0.6) is 17.2 Å². The molecule has 0 atom stereocenters. The molecule has 1 aliphatic rings. The summed E-state index contributed by atoms with van der Waals surface area (Å²) in [6.45, 7) is 0. The summed E-state index contributed by atoms with van der Waals surface area (Å²) in [6.07, 6.45) is 1.79. The fourth-order valence-corrected chi connectivity index (χ4v) is 3.83. The minimum absolute atomic E-state index is 0.164. The molecule has 0 saturated carbocycles. The van der Waals surface area contributed by atoms with E-state index in [9.17, 15) is 4.79 Å². The van der Waals surface area contributed by atoms with Gasteiger partial charge in [0.05, 0.1) is 31.9 Å². The Labute approximate surface area is 161 Å². The van der Waals surface area contributed by atoms with Crippen molar-refractivity contribution in [1.29, 1.82) is 0 Å². The first-order valence-corrected chi connectivity index (χ1v) is 8.94. The van der Waals surface area contributed by atoms with E-state index in [4.69, 9.17) is 26.4 Å². The molecule has 0 aromatic heterocycles. The number of ether oxygens (including phenoxy) is 3. The lowest BCUT2D eigenvalue weighted by atomic mass is 10.2. The Morgan fingerprint density at radius 1 is 1.00 bits per heavy atom. The van der Waals surface area contributed by atoms with Gasteiger partial charge >= 0.3 is 0 Å². The van der Waals surface area contributed by atoms with Gasteiger partial charge < -0.3 is 14.2 Å².